The van der Waals surface area contributed by atoms with Crippen molar-refractivity contribution < 1.29 is 22.8 Å². The lowest BCUT2D eigenvalue weighted by Gasteiger charge is -2.33. The predicted molar refractivity (Wildman–Crippen MR) is 102 cm³/mol. The zero-order chi connectivity index (χ0) is 19.1. The average molecular weight is 369 g/mol. The summed E-state index contributed by atoms with van der Waals surface area (Å²) >= 11 is 0. The second-order valence-corrected chi connectivity index (χ2v) is 10.5. The minimum atomic E-state index is -3.17. The monoisotopic (exact) mass is 368 g/mol. The second kappa shape index (κ2) is 8.94. The Bertz CT molecular complexity index is 530. The van der Waals surface area contributed by atoms with E-state index in [9.17, 15) is 4.79 Å². The summed E-state index contributed by atoms with van der Waals surface area (Å²) in [4.78, 5) is 11.0. The van der Waals surface area contributed by atoms with Crippen LogP contribution in [0.3, 0.4) is 0 Å². The van der Waals surface area contributed by atoms with Crippen LogP contribution in [0, 0.1) is 5.41 Å². The summed E-state index contributed by atoms with van der Waals surface area (Å²) in [6, 6.07) is 8.15. The summed E-state index contributed by atoms with van der Waals surface area (Å²) in [5, 5.41) is 0. The third-order valence-corrected chi connectivity index (χ3v) is 6.01. The van der Waals surface area contributed by atoms with E-state index in [0.29, 0.717) is 12.5 Å². The molecule has 0 amide bonds. The minimum absolute atomic E-state index is 0.103. The highest BCUT2D eigenvalue weighted by molar-refractivity contribution is 6.86. The van der Waals surface area contributed by atoms with Crippen molar-refractivity contribution in [3.05, 3.63) is 29.8 Å². The first-order valence-electron chi connectivity index (χ1n) is 8.51. The smallest absolute Gasteiger partial charge is 0.491 e. The van der Waals surface area contributed by atoms with E-state index in [1.165, 1.54) is 19.8 Å². The van der Waals surface area contributed by atoms with E-state index in [0.717, 1.165) is 12.2 Å². The molecule has 0 aliphatic rings. The van der Waals surface area contributed by atoms with Crippen molar-refractivity contribution >= 4 is 14.7 Å². The molecule has 0 aromatic heterocycles. The van der Waals surface area contributed by atoms with Crippen molar-refractivity contribution in [3.8, 4) is 5.75 Å². The first-order chi connectivity index (χ1) is 11.6. The lowest BCUT2D eigenvalue weighted by Crippen LogP contribution is -2.47. The molecule has 0 bridgehead atoms. The maximum Gasteiger partial charge on any atom is 0.570 e. The van der Waals surface area contributed by atoms with Crippen LogP contribution in [-0.4, -0.2) is 42.1 Å². The van der Waals surface area contributed by atoms with Gasteiger partial charge in [0.1, 0.15) is 12.4 Å². The Hall–Kier alpha value is -1.21. The van der Waals surface area contributed by atoms with Gasteiger partial charge in [-0.05, 0) is 34.9 Å². The lowest BCUT2D eigenvalue weighted by atomic mass is 9.72. The van der Waals surface area contributed by atoms with Gasteiger partial charge >= 0.3 is 8.80 Å². The Morgan fingerprint density at radius 2 is 1.52 bits per heavy atom. The van der Waals surface area contributed by atoms with Crippen LogP contribution in [0.15, 0.2) is 24.3 Å². The van der Waals surface area contributed by atoms with Crippen LogP contribution < -0.4 is 4.74 Å². The molecule has 142 valence electrons. The number of carbonyl (C=O) groups is 1. The quantitative estimate of drug-likeness (QED) is 0.357. The molecule has 1 aromatic carbocycles. The maximum absolute atomic E-state index is 11.0. The maximum atomic E-state index is 11.0. The Morgan fingerprint density at radius 3 is 1.96 bits per heavy atom. The molecule has 0 saturated heterocycles. The Labute approximate surface area is 153 Å². The van der Waals surface area contributed by atoms with Gasteiger partial charge in [0.05, 0.1) is 6.61 Å². The van der Waals surface area contributed by atoms with Crippen LogP contribution in [0.5, 0.6) is 5.75 Å². The zero-order valence-corrected chi connectivity index (χ0v) is 17.5. The molecule has 1 aromatic rings. The molecular weight excluding hydrogens is 336 g/mol. The van der Waals surface area contributed by atoms with E-state index in [2.05, 4.69) is 46.8 Å². The van der Waals surface area contributed by atoms with Gasteiger partial charge in [-0.2, -0.15) is 0 Å². The number of hydrogen-bond acceptors (Lipinski definition) is 5. The van der Waals surface area contributed by atoms with Gasteiger partial charge in [0.2, 0.25) is 0 Å². The van der Waals surface area contributed by atoms with E-state index in [1.807, 2.05) is 12.1 Å². The molecule has 0 radical (unpaired) electrons. The van der Waals surface area contributed by atoms with E-state index >= 15 is 0 Å². The van der Waals surface area contributed by atoms with Crippen molar-refractivity contribution in [2.45, 2.75) is 46.5 Å². The van der Waals surface area contributed by atoms with Crippen LogP contribution in [-0.2, 0) is 23.5 Å². The summed E-state index contributed by atoms with van der Waals surface area (Å²) in [7, 11) is -0.361. The van der Waals surface area contributed by atoms with Gasteiger partial charge in [0.25, 0.3) is 0 Å². The summed E-state index contributed by atoms with van der Waals surface area (Å²) in [6.45, 7) is 11.9. The summed E-state index contributed by atoms with van der Waals surface area (Å²) in [5.74, 6) is 1.38. The predicted octanol–water partition coefficient (Wildman–Crippen LogP) is 3.80. The van der Waals surface area contributed by atoms with Crippen LogP contribution in [0.1, 0.15) is 46.6 Å². The highest BCUT2D eigenvalue weighted by atomic mass is 28.4. The molecule has 0 fully saturated rings. The Morgan fingerprint density at radius 1 is 0.960 bits per heavy atom. The molecule has 0 N–H and O–H groups in total. The normalized spacial score (nSPS) is 12.9. The van der Waals surface area contributed by atoms with Crippen LogP contribution in [0.4, 0.5) is 0 Å². The molecular formula is C19H32O5Si. The summed E-state index contributed by atoms with van der Waals surface area (Å²) in [5.41, 5.74) is 1.66. The van der Waals surface area contributed by atoms with Gasteiger partial charge in [0.15, 0.2) is 5.91 Å². The number of carbonyl (C=O) groups excluding carboxylic acids is 1. The van der Waals surface area contributed by atoms with Crippen molar-refractivity contribution in [2.24, 2.45) is 5.41 Å². The second-order valence-electron chi connectivity index (χ2n) is 7.97. The summed E-state index contributed by atoms with van der Waals surface area (Å²) in [6.07, 6.45) is 1.10. The lowest BCUT2D eigenvalue weighted by molar-refractivity contribution is 0.0988. The molecule has 0 saturated carbocycles. The van der Waals surface area contributed by atoms with E-state index in [4.69, 9.17) is 18.0 Å². The SMILES string of the molecule is CO[Si](C=O)(OC)OCCOc1ccc(C(C)(C)CC(C)(C)C)cc1. The topological polar surface area (TPSA) is 54.0 Å². The van der Waals surface area contributed by atoms with Crippen molar-refractivity contribution in [1.82, 2.24) is 0 Å². The van der Waals surface area contributed by atoms with E-state index in [1.54, 1.807) is 0 Å². The first kappa shape index (κ1) is 21.8. The molecule has 0 spiro atoms. The molecule has 0 unspecified atom stereocenters. The highest BCUT2D eigenvalue weighted by Crippen LogP contribution is 2.36. The van der Waals surface area contributed by atoms with Gasteiger partial charge in [-0.1, -0.05) is 46.8 Å². The Kier molecular flexibility index (Phi) is 7.80. The molecule has 0 aliphatic heterocycles. The number of benzene rings is 1. The van der Waals surface area contributed by atoms with E-state index < -0.39 is 8.80 Å². The van der Waals surface area contributed by atoms with E-state index in [-0.39, 0.29) is 17.4 Å². The standard InChI is InChI=1S/C19H32O5Si/c1-18(2,3)14-19(4,5)16-8-10-17(11-9-16)23-12-13-24-25(15-20,21-6)22-7/h8-11,15H,12-14H2,1-7H3. The summed E-state index contributed by atoms with van der Waals surface area (Å²) < 4.78 is 21.2. The third kappa shape index (κ3) is 6.90. The fourth-order valence-corrected chi connectivity index (χ4v) is 4.14. The molecule has 6 heteroatoms. The number of hydrogen-bond donors (Lipinski definition) is 0. The molecule has 0 aliphatic carbocycles. The van der Waals surface area contributed by atoms with Gasteiger partial charge < -0.3 is 22.8 Å². The molecule has 5 nitrogen and oxygen atoms in total. The number of rotatable bonds is 10. The molecule has 1 rings (SSSR count). The number of ether oxygens (including phenoxy) is 1. The van der Waals surface area contributed by atoms with Gasteiger partial charge in [-0.15, -0.1) is 0 Å². The third-order valence-electron chi connectivity index (χ3n) is 3.98. The van der Waals surface area contributed by atoms with Crippen LogP contribution >= 0.6 is 0 Å². The molecule has 0 atom stereocenters. The fraction of sp³-hybridized carbons (Fsp3) is 0.632. The van der Waals surface area contributed by atoms with Crippen LogP contribution in [0.2, 0.25) is 0 Å². The van der Waals surface area contributed by atoms with Crippen molar-refractivity contribution in [3.63, 3.8) is 0 Å². The minimum Gasteiger partial charge on any atom is -0.491 e. The molecule has 0 heterocycles. The highest BCUT2D eigenvalue weighted by Gasteiger charge is 2.39. The average Bonchev–Trinajstić information content (AvgIpc) is 2.54. The van der Waals surface area contributed by atoms with Crippen LogP contribution in [0.25, 0.3) is 0 Å². The van der Waals surface area contributed by atoms with Gasteiger partial charge in [0, 0.05) is 14.2 Å². The Balaban J connectivity index is 2.56. The fourth-order valence-electron chi connectivity index (χ4n) is 3.11. The largest absolute Gasteiger partial charge is 0.570 e. The van der Waals surface area contributed by atoms with Gasteiger partial charge in [-0.3, -0.25) is 0 Å². The van der Waals surface area contributed by atoms with Gasteiger partial charge in [-0.25, -0.2) is 0 Å². The zero-order valence-electron chi connectivity index (χ0n) is 16.5. The van der Waals surface area contributed by atoms with Crippen molar-refractivity contribution in [1.29, 1.82) is 0 Å². The first-order valence-corrected chi connectivity index (χ1v) is 10.3. The molecule has 25 heavy (non-hydrogen) atoms. The van der Waals surface area contributed by atoms with Crippen molar-refractivity contribution in [2.75, 3.05) is 27.4 Å².